The van der Waals surface area contributed by atoms with Gasteiger partial charge in [0.15, 0.2) is 12.0 Å². The largest absolute Gasteiger partial charge is 0.455 e. The first-order valence-corrected chi connectivity index (χ1v) is 14.7. The average molecular weight is 616 g/mol. The van der Waals surface area contributed by atoms with Crippen LogP contribution in [0.1, 0.15) is 72.7 Å². The van der Waals surface area contributed by atoms with Gasteiger partial charge in [-0.25, -0.2) is 9.78 Å². The second-order valence-electron chi connectivity index (χ2n) is 10.6. The lowest BCUT2D eigenvalue weighted by Crippen LogP contribution is -2.30. The number of hydrogen-bond donors (Lipinski definition) is 2. The van der Waals surface area contributed by atoms with E-state index in [1.165, 1.54) is 22.2 Å². The summed E-state index contributed by atoms with van der Waals surface area (Å²) in [5.74, 6) is -0.434. The molecule has 0 aliphatic carbocycles. The standard InChI is InChI=1S/C19H26N4O3S.C9H11N3O4/c1-19(2,3)26-18(25)15-12-27-17(23-15)13-7-8-21-14(11-13)5-6-16(24)22-10-9-20-4;13-6-8-9(12(14)15)5-11(10-8)7-1-3-16-4-2-7/h7-8,11-12,20H,5-6,9-10H2,1-4H3,(H,22,24);5-7H,1-4H2. The van der Waals surface area contributed by atoms with Gasteiger partial charge in [-0.15, -0.1) is 11.3 Å². The zero-order chi connectivity index (χ0) is 31.4. The van der Waals surface area contributed by atoms with E-state index in [0.717, 1.165) is 35.7 Å². The number of aromatic nitrogens is 4. The lowest BCUT2D eigenvalue weighted by Gasteiger charge is -2.21. The summed E-state index contributed by atoms with van der Waals surface area (Å²) in [6, 6.07) is 3.83. The predicted molar refractivity (Wildman–Crippen MR) is 159 cm³/mol. The van der Waals surface area contributed by atoms with E-state index in [1.54, 1.807) is 11.6 Å². The molecule has 1 aliphatic rings. The number of pyridine rings is 1. The maximum atomic E-state index is 12.1. The second-order valence-corrected chi connectivity index (χ2v) is 11.5. The Morgan fingerprint density at radius 3 is 2.65 bits per heavy atom. The van der Waals surface area contributed by atoms with Gasteiger partial charge in [-0.1, -0.05) is 0 Å². The lowest BCUT2D eigenvalue weighted by molar-refractivity contribution is -0.385. The quantitative estimate of drug-likeness (QED) is 0.106. The highest BCUT2D eigenvalue weighted by atomic mass is 32.1. The topological polar surface area (TPSA) is 180 Å². The molecule has 0 aromatic carbocycles. The van der Waals surface area contributed by atoms with E-state index in [4.69, 9.17) is 9.47 Å². The molecule has 3 aromatic rings. The van der Waals surface area contributed by atoms with Crippen molar-refractivity contribution >= 4 is 35.2 Å². The van der Waals surface area contributed by atoms with Crippen molar-refractivity contribution < 1.29 is 28.8 Å². The van der Waals surface area contributed by atoms with Crippen molar-refractivity contribution in [3.05, 3.63) is 57.1 Å². The zero-order valence-corrected chi connectivity index (χ0v) is 25.5. The van der Waals surface area contributed by atoms with Crippen LogP contribution in [0.25, 0.3) is 10.6 Å². The molecule has 0 spiro atoms. The maximum Gasteiger partial charge on any atom is 0.358 e. The molecule has 1 amide bonds. The summed E-state index contributed by atoms with van der Waals surface area (Å²) in [6.45, 7) is 8.05. The van der Waals surface area contributed by atoms with Crippen LogP contribution in [0.3, 0.4) is 0 Å². The minimum absolute atomic E-state index is 0.00101. The molecule has 0 unspecified atom stereocenters. The molecular weight excluding hydrogens is 578 g/mol. The Morgan fingerprint density at radius 1 is 1.28 bits per heavy atom. The van der Waals surface area contributed by atoms with Crippen LogP contribution in [0, 0.1) is 10.1 Å². The van der Waals surface area contributed by atoms with E-state index in [0.29, 0.717) is 44.6 Å². The number of nitrogens with zero attached hydrogens (tertiary/aromatic N) is 5. The zero-order valence-electron chi connectivity index (χ0n) is 24.7. The fourth-order valence-electron chi connectivity index (χ4n) is 3.99. The molecule has 14 nitrogen and oxygen atoms in total. The third kappa shape index (κ3) is 10.6. The summed E-state index contributed by atoms with van der Waals surface area (Å²) >= 11 is 1.38. The first-order valence-electron chi connectivity index (χ1n) is 13.8. The molecule has 0 atom stereocenters. The van der Waals surface area contributed by atoms with Gasteiger partial charge in [0.2, 0.25) is 11.6 Å². The van der Waals surface area contributed by atoms with Crippen LogP contribution in [0.2, 0.25) is 0 Å². The molecule has 15 heteroatoms. The molecule has 2 N–H and O–H groups in total. The normalized spacial score (nSPS) is 13.5. The molecular formula is C28H37N7O7S. The number of carbonyl (C=O) groups is 3. The number of nitro groups is 1. The molecule has 1 fully saturated rings. The molecule has 4 rings (SSSR count). The van der Waals surface area contributed by atoms with Gasteiger partial charge in [-0.05, 0) is 59.2 Å². The van der Waals surface area contributed by atoms with Crippen LogP contribution in [0.4, 0.5) is 5.69 Å². The smallest absolute Gasteiger partial charge is 0.358 e. The Morgan fingerprint density at radius 2 is 2.02 bits per heavy atom. The van der Waals surface area contributed by atoms with E-state index in [1.807, 2.05) is 40.0 Å². The predicted octanol–water partition coefficient (Wildman–Crippen LogP) is 3.38. The number of aryl methyl sites for hydroxylation is 1. The number of amides is 1. The number of carbonyl (C=O) groups excluding carboxylic acids is 3. The second kappa shape index (κ2) is 16.0. The summed E-state index contributed by atoms with van der Waals surface area (Å²) in [5, 5.41) is 22.8. The summed E-state index contributed by atoms with van der Waals surface area (Å²) in [5.41, 5.74) is 1.07. The van der Waals surface area contributed by atoms with Gasteiger partial charge in [0.1, 0.15) is 16.8 Å². The van der Waals surface area contributed by atoms with Gasteiger partial charge >= 0.3 is 11.7 Å². The van der Waals surface area contributed by atoms with Crippen LogP contribution >= 0.6 is 11.3 Å². The number of likely N-dealkylation sites (N-methyl/N-ethyl adjacent to an activating group) is 1. The highest BCUT2D eigenvalue weighted by Gasteiger charge is 2.24. The number of esters is 1. The van der Waals surface area contributed by atoms with Crippen LogP contribution < -0.4 is 10.6 Å². The average Bonchev–Trinajstić information content (AvgIpc) is 3.65. The molecule has 4 heterocycles. The Labute approximate surface area is 253 Å². The fourth-order valence-corrected chi connectivity index (χ4v) is 4.78. The minimum Gasteiger partial charge on any atom is -0.455 e. The maximum absolute atomic E-state index is 12.1. The van der Waals surface area contributed by atoms with E-state index in [-0.39, 0.29) is 23.3 Å². The summed E-state index contributed by atoms with van der Waals surface area (Å²) in [7, 11) is 1.84. The van der Waals surface area contributed by atoms with E-state index in [9.17, 15) is 24.5 Å². The first-order chi connectivity index (χ1) is 20.5. The number of hydrogen-bond acceptors (Lipinski definition) is 12. The number of ether oxygens (including phenoxy) is 2. The van der Waals surface area contributed by atoms with E-state index in [2.05, 4.69) is 25.7 Å². The molecule has 0 radical (unpaired) electrons. The Bertz CT molecular complexity index is 1390. The molecule has 1 saturated heterocycles. The Balaban J connectivity index is 0.000000268. The molecule has 3 aromatic heterocycles. The summed E-state index contributed by atoms with van der Waals surface area (Å²) < 4.78 is 12.0. The van der Waals surface area contributed by atoms with Gasteiger partial charge in [-0.2, -0.15) is 5.10 Å². The third-order valence-corrected chi connectivity index (χ3v) is 6.99. The van der Waals surface area contributed by atoms with Crippen molar-refractivity contribution in [2.24, 2.45) is 0 Å². The SMILES string of the molecule is CNCCNC(=O)CCc1cc(-c2nc(C(=O)OC(C)(C)C)cs2)ccn1.O=Cc1nn(C2CCOCC2)cc1[N+](=O)[O-]. The highest BCUT2D eigenvalue weighted by molar-refractivity contribution is 7.13. The monoisotopic (exact) mass is 615 g/mol. The van der Waals surface area contributed by atoms with Crippen molar-refractivity contribution in [1.29, 1.82) is 0 Å². The number of thiazole rings is 1. The molecule has 232 valence electrons. The summed E-state index contributed by atoms with van der Waals surface area (Å²) in [4.78, 5) is 53.3. The molecule has 1 aliphatic heterocycles. The van der Waals surface area contributed by atoms with Crippen molar-refractivity contribution in [1.82, 2.24) is 30.4 Å². The van der Waals surface area contributed by atoms with Crippen LogP contribution in [0.5, 0.6) is 0 Å². The first kappa shape index (κ1) is 33.4. The van der Waals surface area contributed by atoms with Crippen molar-refractivity contribution in [3.63, 3.8) is 0 Å². The Hall–Kier alpha value is -4.08. The van der Waals surface area contributed by atoms with Crippen LogP contribution in [-0.2, 0) is 20.7 Å². The van der Waals surface area contributed by atoms with Crippen LogP contribution in [0.15, 0.2) is 29.9 Å². The van der Waals surface area contributed by atoms with Crippen LogP contribution in [-0.4, -0.2) is 81.8 Å². The van der Waals surface area contributed by atoms with Crippen molar-refractivity contribution in [3.8, 4) is 10.6 Å². The fraction of sp³-hybridized carbons (Fsp3) is 0.500. The van der Waals surface area contributed by atoms with E-state index >= 15 is 0 Å². The molecule has 0 bridgehead atoms. The number of nitrogens with one attached hydrogen (secondary N) is 2. The van der Waals surface area contributed by atoms with Gasteiger partial charge < -0.3 is 20.1 Å². The number of aldehydes is 1. The summed E-state index contributed by atoms with van der Waals surface area (Å²) in [6.07, 6.45) is 5.87. The number of rotatable bonds is 11. The molecule has 43 heavy (non-hydrogen) atoms. The van der Waals surface area contributed by atoms with Gasteiger partial charge in [0.05, 0.1) is 11.0 Å². The lowest BCUT2D eigenvalue weighted by atomic mass is 10.1. The van der Waals surface area contributed by atoms with Crippen molar-refractivity contribution in [2.75, 3.05) is 33.4 Å². The van der Waals surface area contributed by atoms with Gasteiger partial charge in [0.25, 0.3) is 0 Å². The van der Waals surface area contributed by atoms with Gasteiger partial charge in [0, 0.05) is 55.6 Å². The minimum atomic E-state index is -0.591. The Kier molecular flexibility index (Phi) is 12.4. The highest BCUT2D eigenvalue weighted by Crippen LogP contribution is 2.26. The third-order valence-electron chi connectivity index (χ3n) is 6.09. The molecule has 0 saturated carbocycles. The van der Waals surface area contributed by atoms with Gasteiger partial charge in [-0.3, -0.25) is 29.4 Å². The van der Waals surface area contributed by atoms with E-state index < -0.39 is 16.5 Å². The van der Waals surface area contributed by atoms with Crippen molar-refractivity contribution in [2.45, 2.75) is 58.1 Å².